The maximum Gasteiger partial charge on any atom is 0.370 e. The van der Waals surface area contributed by atoms with Gasteiger partial charge in [-0.1, -0.05) is 0 Å². The summed E-state index contributed by atoms with van der Waals surface area (Å²) >= 11 is 0. The van der Waals surface area contributed by atoms with Gasteiger partial charge in [-0.2, -0.15) is 4.68 Å². The van der Waals surface area contributed by atoms with Crippen molar-refractivity contribution in [2.45, 2.75) is 13.5 Å². The Morgan fingerprint density at radius 1 is 1.45 bits per heavy atom. The van der Waals surface area contributed by atoms with Crippen LogP contribution in [-0.4, -0.2) is 41.7 Å². The minimum absolute atomic E-state index is 0.0335. The van der Waals surface area contributed by atoms with Gasteiger partial charge in [-0.05, 0) is 22.5 Å². The number of H-pyrrole nitrogens is 1. The molecule has 0 aliphatic carbocycles. The zero-order chi connectivity index (χ0) is 16.4. The van der Waals surface area contributed by atoms with Gasteiger partial charge in [-0.25, -0.2) is 4.79 Å². The van der Waals surface area contributed by atoms with Gasteiger partial charge >= 0.3 is 5.69 Å². The third-order valence-corrected chi connectivity index (χ3v) is 2.73. The molecular weight excluding hydrogens is 294 g/mol. The Morgan fingerprint density at radius 2 is 2.32 bits per heavy atom. The van der Waals surface area contributed by atoms with Gasteiger partial charge in [-0.15, -0.1) is 9.78 Å². The normalized spacial score (nSPS) is 11.5. The van der Waals surface area contributed by atoms with Gasteiger partial charge in [0.1, 0.15) is 12.2 Å². The summed E-state index contributed by atoms with van der Waals surface area (Å²) in [6, 6.07) is 1.52. The second-order valence-electron chi connectivity index (χ2n) is 4.16. The number of aromatic amines is 1. The molecular formula is C11H13N7O4. The van der Waals surface area contributed by atoms with Crippen LogP contribution in [0.25, 0.3) is 5.88 Å². The maximum absolute atomic E-state index is 12.0. The molecule has 0 aliphatic rings. The average Bonchev–Trinajstić information content (AvgIpc) is 3.20. The first-order valence-corrected chi connectivity index (χ1v) is 6.38. The van der Waals surface area contributed by atoms with Crippen molar-refractivity contribution in [3.63, 3.8) is 0 Å². The third-order valence-electron chi connectivity index (χ3n) is 2.73. The number of aromatic nitrogens is 7. The molecule has 3 rings (SSSR count). The number of tetrazole rings is 1. The molecule has 3 heterocycles. The molecule has 11 nitrogen and oxygen atoms in total. The first kappa shape index (κ1) is 12.6. The standard InChI is InChI=1S/C11H13N7O4/c1-3-20-9-7(6-21-8-4-5-12-13-8)10(22-14-9)18-11(19)17(2)15-16-18/h4-5H,3,6H2,1-2H3,(H,12,13)/i/hT. The Balaban J connectivity index is 1.94. The molecule has 0 saturated carbocycles. The number of aryl methyl sites for hydroxylation is 1. The largest absolute Gasteiger partial charge is 0.475 e. The molecule has 0 bridgehead atoms. The lowest BCUT2D eigenvalue weighted by Crippen LogP contribution is -2.22. The Hall–Kier alpha value is -3.11. The van der Waals surface area contributed by atoms with Gasteiger partial charge in [0, 0.05) is 19.3 Å². The molecule has 3 aromatic rings. The van der Waals surface area contributed by atoms with E-state index < -0.39 is 5.69 Å². The lowest BCUT2D eigenvalue weighted by molar-refractivity contribution is 0.271. The minimum atomic E-state index is -0.499. The highest BCUT2D eigenvalue weighted by atomic mass is 16.5. The molecule has 0 amide bonds. The van der Waals surface area contributed by atoms with E-state index in [4.69, 9.17) is 15.4 Å². The predicted octanol–water partition coefficient (Wildman–Crippen LogP) is -0.345. The van der Waals surface area contributed by atoms with Crippen LogP contribution in [0, 0.1) is 0 Å². The molecule has 0 spiro atoms. The van der Waals surface area contributed by atoms with E-state index in [9.17, 15) is 4.79 Å². The van der Waals surface area contributed by atoms with Gasteiger partial charge in [0.05, 0.1) is 6.61 Å². The molecule has 3 aromatic heterocycles. The second kappa shape index (κ2) is 5.71. The zero-order valence-corrected chi connectivity index (χ0v) is 11.8. The van der Waals surface area contributed by atoms with E-state index in [1.165, 1.54) is 19.3 Å². The monoisotopic (exact) mass is 309 g/mol. The van der Waals surface area contributed by atoms with Crippen LogP contribution in [0.1, 0.15) is 12.5 Å². The first-order valence-electron chi connectivity index (χ1n) is 6.83. The third kappa shape index (κ3) is 2.43. The lowest BCUT2D eigenvalue weighted by Gasteiger charge is -2.04. The molecule has 0 saturated heterocycles. The summed E-state index contributed by atoms with van der Waals surface area (Å²) in [5, 5.41) is 15.7. The zero-order valence-electron chi connectivity index (χ0n) is 12.8. The van der Waals surface area contributed by atoms with E-state index in [0.717, 1.165) is 14.5 Å². The summed E-state index contributed by atoms with van der Waals surface area (Å²) in [7, 11) is 1.46. The highest BCUT2D eigenvalue weighted by Crippen LogP contribution is 2.25. The number of ether oxygens (including phenoxy) is 2. The van der Waals surface area contributed by atoms with Gasteiger partial charge in [0.25, 0.3) is 11.8 Å². The molecule has 0 aromatic carbocycles. The van der Waals surface area contributed by atoms with Crippen molar-refractivity contribution >= 4 is 0 Å². The predicted molar refractivity (Wildman–Crippen MR) is 70.7 cm³/mol. The van der Waals surface area contributed by atoms with Crippen molar-refractivity contribution in [3.8, 4) is 17.6 Å². The van der Waals surface area contributed by atoms with E-state index in [1.807, 2.05) is 0 Å². The van der Waals surface area contributed by atoms with Crippen molar-refractivity contribution in [1.29, 1.82) is 0 Å². The molecule has 0 fully saturated rings. The fourth-order valence-corrected chi connectivity index (χ4v) is 1.71. The summed E-state index contributed by atoms with van der Waals surface area (Å²) < 4.78 is 25.3. The van der Waals surface area contributed by atoms with E-state index >= 15 is 0 Å². The molecule has 0 unspecified atom stereocenters. The van der Waals surface area contributed by atoms with Crippen LogP contribution in [0.4, 0.5) is 0 Å². The SMILES string of the molecule is [3H]n1ccc(OCc2c(OCC)noc2-n2nnn(C)c2=O)n1. The Kier molecular flexibility index (Phi) is 3.28. The summed E-state index contributed by atoms with van der Waals surface area (Å²) in [5.41, 5.74) is -0.116. The van der Waals surface area contributed by atoms with Crippen LogP contribution < -0.4 is 15.2 Å². The van der Waals surface area contributed by atoms with Crippen LogP contribution in [0.2, 0.25) is 1.41 Å². The van der Waals surface area contributed by atoms with Crippen molar-refractivity contribution in [2.24, 2.45) is 7.05 Å². The van der Waals surface area contributed by atoms with E-state index in [2.05, 4.69) is 20.7 Å². The quantitative estimate of drug-likeness (QED) is 0.655. The van der Waals surface area contributed by atoms with Crippen molar-refractivity contribution in [3.05, 3.63) is 28.3 Å². The van der Waals surface area contributed by atoms with Crippen LogP contribution in [-0.2, 0) is 13.7 Å². The van der Waals surface area contributed by atoms with E-state index in [0.29, 0.717) is 12.2 Å². The van der Waals surface area contributed by atoms with Crippen LogP contribution >= 0.6 is 0 Å². The molecule has 116 valence electrons. The molecule has 0 aliphatic heterocycles. The number of rotatable bonds is 6. The summed E-state index contributed by atoms with van der Waals surface area (Å²) in [6.45, 7) is 2.11. The molecule has 1 N–H and O–H groups in total. The van der Waals surface area contributed by atoms with Gasteiger partial charge < -0.3 is 14.0 Å². The Morgan fingerprint density at radius 3 is 2.95 bits per heavy atom. The van der Waals surface area contributed by atoms with Crippen LogP contribution in [0.3, 0.4) is 0 Å². The Labute approximate surface area is 124 Å². The summed E-state index contributed by atoms with van der Waals surface area (Å²) in [4.78, 5) is 12.0. The fraction of sp³-hybridized carbons (Fsp3) is 0.364. The number of hydrogen-bond donors (Lipinski definition) is 1. The van der Waals surface area contributed by atoms with E-state index in [1.54, 1.807) is 6.92 Å². The topological polar surface area (TPSA) is 126 Å². The summed E-state index contributed by atoms with van der Waals surface area (Å²) in [5.74, 6) is 0.475. The van der Waals surface area contributed by atoms with Crippen molar-refractivity contribution in [1.82, 2.24) is 35.1 Å². The number of hydrogen-bond acceptors (Lipinski definition) is 8. The molecule has 22 heavy (non-hydrogen) atoms. The van der Waals surface area contributed by atoms with E-state index in [-0.39, 0.29) is 24.3 Å². The van der Waals surface area contributed by atoms with Crippen molar-refractivity contribution in [2.75, 3.05) is 6.61 Å². The Bertz CT molecular complexity index is 864. The second-order valence-corrected chi connectivity index (χ2v) is 4.16. The average molecular weight is 309 g/mol. The minimum Gasteiger partial charge on any atom is -0.475 e. The highest BCUT2D eigenvalue weighted by Gasteiger charge is 2.23. The molecule has 0 atom stereocenters. The number of nitrogens with zero attached hydrogens (tertiary/aromatic N) is 6. The van der Waals surface area contributed by atoms with Gasteiger partial charge in [-0.3, -0.25) is 5.09 Å². The van der Waals surface area contributed by atoms with Crippen LogP contribution in [0.15, 0.2) is 21.6 Å². The summed E-state index contributed by atoms with van der Waals surface area (Å²) in [6.07, 6.45) is 1.42. The van der Waals surface area contributed by atoms with Gasteiger partial charge in [0.15, 0.2) is 1.41 Å². The smallest absolute Gasteiger partial charge is 0.370 e. The molecule has 0 radical (unpaired) electrons. The van der Waals surface area contributed by atoms with Gasteiger partial charge in [0.2, 0.25) is 5.88 Å². The number of nitrogens with one attached hydrogen (secondary N) is 1. The highest BCUT2D eigenvalue weighted by molar-refractivity contribution is 5.37. The van der Waals surface area contributed by atoms with Crippen molar-refractivity contribution < 1.29 is 15.4 Å². The first-order chi connectivity index (χ1) is 11.1. The maximum atomic E-state index is 12.0. The lowest BCUT2D eigenvalue weighted by atomic mass is 10.3. The molecule has 11 heteroatoms. The van der Waals surface area contributed by atoms with Crippen LogP contribution in [0.5, 0.6) is 11.8 Å². The fourth-order valence-electron chi connectivity index (χ4n) is 1.71.